The molecule has 0 spiro atoms. The molecule has 0 radical (unpaired) electrons. The molecule has 2 N–H and O–H groups in total. The van der Waals surface area contributed by atoms with Gasteiger partial charge in [-0.1, -0.05) is 6.07 Å². The van der Waals surface area contributed by atoms with Crippen LogP contribution in [-0.2, 0) is 0 Å². The van der Waals surface area contributed by atoms with Crippen molar-refractivity contribution in [1.29, 1.82) is 0 Å². The first kappa shape index (κ1) is 11.9. The van der Waals surface area contributed by atoms with E-state index in [9.17, 15) is 4.39 Å². The number of nitrogens with two attached hydrogens (primary N) is 1. The summed E-state index contributed by atoms with van der Waals surface area (Å²) < 4.78 is 18.8. The zero-order chi connectivity index (χ0) is 11.3. The molecule has 1 heterocycles. The Hall–Kier alpha value is -1.16. The predicted octanol–water partition coefficient (Wildman–Crippen LogP) is 2.23. The third-order valence-corrected chi connectivity index (χ3v) is 1.84. The molecule has 0 amide bonds. The average molecular weight is 212 g/mol. The Morgan fingerprint density at radius 1 is 1.47 bits per heavy atom. The van der Waals surface area contributed by atoms with Gasteiger partial charge in [0, 0.05) is 6.07 Å². The highest BCUT2D eigenvalue weighted by molar-refractivity contribution is 5.17. The lowest BCUT2D eigenvalue weighted by atomic mass is 10.2. The molecule has 1 aromatic rings. The molecule has 0 saturated heterocycles. The second-order valence-electron chi connectivity index (χ2n) is 3.61. The summed E-state index contributed by atoms with van der Waals surface area (Å²) in [6, 6.07) is 5.11. The maximum Gasteiger partial charge on any atom is 0.213 e. The zero-order valence-corrected chi connectivity index (χ0v) is 9.11. The molecule has 1 unspecified atom stereocenters. The van der Waals surface area contributed by atoms with E-state index in [0.29, 0.717) is 18.1 Å². The molecule has 0 aliphatic rings. The van der Waals surface area contributed by atoms with Crippen LogP contribution in [0.2, 0.25) is 0 Å². The Kier molecular flexibility index (Phi) is 4.49. The van der Waals surface area contributed by atoms with Gasteiger partial charge in [-0.15, -0.1) is 0 Å². The summed E-state index contributed by atoms with van der Waals surface area (Å²) in [6.07, 6.45) is -0.774. The van der Waals surface area contributed by atoms with Crippen molar-refractivity contribution in [1.82, 2.24) is 4.98 Å². The van der Waals surface area contributed by atoms with Crippen LogP contribution < -0.4 is 10.5 Å². The third kappa shape index (κ3) is 3.83. The smallest absolute Gasteiger partial charge is 0.213 e. The number of ether oxygens (including phenoxy) is 1. The molecule has 4 heteroatoms. The number of hydrogen-bond donors (Lipinski definition) is 1. The van der Waals surface area contributed by atoms with Crippen LogP contribution in [0.3, 0.4) is 0 Å². The summed E-state index contributed by atoms with van der Waals surface area (Å²) in [5, 5.41) is 0. The number of hydrogen-bond acceptors (Lipinski definition) is 3. The Balaban J connectivity index is 2.73. The maximum atomic E-state index is 13.5. The van der Waals surface area contributed by atoms with Crippen molar-refractivity contribution in [3.05, 3.63) is 23.9 Å². The second-order valence-corrected chi connectivity index (χ2v) is 3.61. The lowest BCUT2D eigenvalue weighted by Gasteiger charge is -2.11. The number of aromatic nitrogens is 1. The molecule has 0 saturated carbocycles. The van der Waals surface area contributed by atoms with Crippen LogP contribution in [0.4, 0.5) is 4.39 Å². The minimum atomic E-state index is -1.11. The highest BCUT2D eigenvalue weighted by atomic mass is 19.1. The molecule has 0 fully saturated rings. The van der Waals surface area contributed by atoms with E-state index in [4.69, 9.17) is 10.5 Å². The highest BCUT2D eigenvalue weighted by Crippen LogP contribution is 2.20. The normalized spacial score (nSPS) is 12.9. The Morgan fingerprint density at radius 2 is 2.20 bits per heavy atom. The van der Waals surface area contributed by atoms with Crippen LogP contribution in [-0.4, -0.2) is 17.6 Å². The molecular weight excluding hydrogens is 195 g/mol. The molecular formula is C11H17FN2O. The molecule has 1 aromatic heterocycles. The van der Waals surface area contributed by atoms with Crippen molar-refractivity contribution < 1.29 is 9.13 Å². The predicted molar refractivity (Wildman–Crippen MR) is 57.5 cm³/mol. The van der Waals surface area contributed by atoms with Crippen molar-refractivity contribution in [3.63, 3.8) is 0 Å². The minimum absolute atomic E-state index is 0.0420. The van der Waals surface area contributed by atoms with Crippen LogP contribution in [0.15, 0.2) is 18.2 Å². The van der Waals surface area contributed by atoms with E-state index in [0.717, 1.165) is 0 Å². The van der Waals surface area contributed by atoms with Gasteiger partial charge in [0.15, 0.2) is 0 Å². The van der Waals surface area contributed by atoms with Gasteiger partial charge in [-0.3, -0.25) is 0 Å². The lowest BCUT2D eigenvalue weighted by Crippen LogP contribution is -2.09. The molecule has 1 atom stereocenters. The molecule has 0 aliphatic carbocycles. The van der Waals surface area contributed by atoms with Crippen molar-refractivity contribution >= 4 is 0 Å². The molecule has 0 aliphatic heterocycles. The van der Waals surface area contributed by atoms with Crippen molar-refractivity contribution in [2.45, 2.75) is 32.5 Å². The molecule has 84 valence electrons. The topological polar surface area (TPSA) is 48.1 Å². The quantitative estimate of drug-likeness (QED) is 0.814. The fourth-order valence-corrected chi connectivity index (χ4v) is 1.21. The molecule has 1 rings (SSSR count). The van der Waals surface area contributed by atoms with E-state index in [1.807, 2.05) is 13.8 Å². The number of alkyl halides is 1. The second kappa shape index (κ2) is 5.66. The number of rotatable bonds is 5. The number of pyridine rings is 1. The minimum Gasteiger partial charge on any atom is -0.475 e. The Morgan fingerprint density at radius 3 is 2.80 bits per heavy atom. The van der Waals surface area contributed by atoms with Gasteiger partial charge >= 0.3 is 0 Å². The molecule has 3 nitrogen and oxygen atoms in total. The highest BCUT2D eigenvalue weighted by Gasteiger charge is 2.11. The van der Waals surface area contributed by atoms with Crippen molar-refractivity contribution in [3.8, 4) is 5.88 Å². The monoisotopic (exact) mass is 212 g/mol. The van der Waals surface area contributed by atoms with Gasteiger partial charge in [0.2, 0.25) is 5.88 Å². The van der Waals surface area contributed by atoms with E-state index in [1.165, 1.54) is 0 Å². The van der Waals surface area contributed by atoms with Gasteiger partial charge in [-0.2, -0.15) is 0 Å². The van der Waals surface area contributed by atoms with Crippen molar-refractivity contribution in [2.75, 3.05) is 6.54 Å². The summed E-state index contributed by atoms with van der Waals surface area (Å²) in [7, 11) is 0. The van der Waals surface area contributed by atoms with Crippen molar-refractivity contribution in [2.24, 2.45) is 5.73 Å². The van der Waals surface area contributed by atoms with Gasteiger partial charge in [0.25, 0.3) is 0 Å². The maximum absolute atomic E-state index is 13.5. The van der Waals surface area contributed by atoms with Gasteiger partial charge in [0.1, 0.15) is 6.17 Å². The van der Waals surface area contributed by atoms with Gasteiger partial charge in [-0.05, 0) is 32.9 Å². The van der Waals surface area contributed by atoms with Gasteiger partial charge < -0.3 is 10.5 Å². The Bertz CT molecular complexity index is 304. The first-order valence-electron chi connectivity index (χ1n) is 5.11. The molecule has 0 aromatic carbocycles. The summed E-state index contributed by atoms with van der Waals surface area (Å²) in [5.74, 6) is 0.460. The molecule has 0 bridgehead atoms. The first-order valence-corrected chi connectivity index (χ1v) is 5.11. The largest absolute Gasteiger partial charge is 0.475 e. The summed E-state index contributed by atoms with van der Waals surface area (Å²) in [4.78, 5) is 4.08. The van der Waals surface area contributed by atoms with Gasteiger partial charge in [0.05, 0.1) is 11.8 Å². The molecule has 15 heavy (non-hydrogen) atoms. The van der Waals surface area contributed by atoms with Crippen LogP contribution in [0, 0.1) is 0 Å². The van der Waals surface area contributed by atoms with Crippen LogP contribution >= 0.6 is 0 Å². The van der Waals surface area contributed by atoms with Gasteiger partial charge in [-0.25, -0.2) is 9.37 Å². The number of nitrogens with zero attached hydrogens (tertiary/aromatic N) is 1. The first-order chi connectivity index (χ1) is 7.13. The van der Waals surface area contributed by atoms with Crippen LogP contribution in [0.25, 0.3) is 0 Å². The zero-order valence-electron chi connectivity index (χ0n) is 9.11. The van der Waals surface area contributed by atoms with E-state index in [-0.39, 0.29) is 12.5 Å². The van der Waals surface area contributed by atoms with E-state index in [1.54, 1.807) is 18.2 Å². The van der Waals surface area contributed by atoms with E-state index < -0.39 is 6.17 Å². The lowest BCUT2D eigenvalue weighted by molar-refractivity contribution is 0.229. The number of halogens is 1. The third-order valence-electron chi connectivity index (χ3n) is 1.84. The summed E-state index contributed by atoms with van der Waals surface area (Å²) in [5.41, 5.74) is 5.67. The summed E-state index contributed by atoms with van der Waals surface area (Å²) in [6.45, 7) is 4.13. The Labute approximate surface area is 89.5 Å². The fraction of sp³-hybridized carbons (Fsp3) is 0.545. The standard InChI is InChI=1S/C11H17FN2O/c1-8(2)15-11-5-3-4-10(14-11)9(12)6-7-13/h3-5,8-9H,6-7,13H2,1-2H3. The average Bonchev–Trinajstić information content (AvgIpc) is 2.17. The summed E-state index contributed by atoms with van der Waals surface area (Å²) >= 11 is 0. The van der Waals surface area contributed by atoms with Crippen LogP contribution in [0.5, 0.6) is 5.88 Å². The van der Waals surface area contributed by atoms with Crippen LogP contribution in [0.1, 0.15) is 32.1 Å². The SMILES string of the molecule is CC(C)Oc1cccc(C(F)CCN)n1. The fourth-order valence-electron chi connectivity index (χ4n) is 1.21. The van der Waals surface area contributed by atoms with E-state index >= 15 is 0 Å². The van der Waals surface area contributed by atoms with E-state index in [2.05, 4.69) is 4.98 Å².